The number of hydrogen-bond acceptors (Lipinski definition) is 4. The van der Waals surface area contributed by atoms with Crippen LogP contribution in [0.3, 0.4) is 0 Å². The number of benzene rings is 2. The maximum atomic E-state index is 14.3. The van der Waals surface area contributed by atoms with Gasteiger partial charge in [0.15, 0.2) is 0 Å². The number of ether oxygens (including phenoxy) is 2. The van der Waals surface area contributed by atoms with Crippen LogP contribution in [0.15, 0.2) is 42.5 Å². The maximum Gasteiger partial charge on any atom is 0.302 e. The summed E-state index contributed by atoms with van der Waals surface area (Å²) in [6.07, 6.45) is 0.0842. The first-order valence-corrected chi connectivity index (χ1v) is 7.75. The largest absolute Gasteiger partial charge is 0.466 e. The zero-order chi connectivity index (χ0) is 17.7. The summed E-state index contributed by atoms with van der Waals surface area (Å²) in [6, 6.07) is 10.9. The Morgan fingerprint density at radius 2 is 1.83 bits per heavy atom. The first-order valence-electron chi connectivity index (χ1n) is 7.37. The van der Waals surface area contributed by atoms with Gasteiger partial charge in [0.1, 0.15) is 17.3 Å². The fourth-order valence-corrected chi connectivity index (χ4v) is 2.29. The molecule has 0 aromatic heterocycles. The van der Waals surface area contributed by atoms with Crippen LogP contribution in [-0.2, 0) is 15.1 Å². The van der Waals surface area contributed by atoms with Crippen molar-refractivity contribution in [2.45, 2.75) is 25.9 Å². The van der Waals surface area contributed by atoms with Crippen LogP contribution in [-0.4, -0.2) is 17.7 Å². The first kappa shape index (κ1) is 18.2. The van der Waals surface area contributed by atoms with Crippen LogP contribution in [0.25, 0.3) is 0 Å². The molecule has 0 amide bonds. The van der Waals surface area contributed by atoms with E-state index < -0.39 is 17.4 Å². The highest BCUT2D eigenvalue weighted by Crippen LogP contribution is 2.31. The van der Waals surface area contributed by atoms with Crippen molar-refractivity contribution >= 4 is 17.6 Å². The molecule has 0 fully saturated rings. The Kier molecular flexibility index (Phi) is 5.80. The zero-order valence-electron chi connectivity index (χ0n) is 13.4. The minimum atomic E-state index is -1.46. The molecule has 1 atom stereocenters. The molecule has 0 aliphatic carbocycles. The Morgan fingerprint density at radius 1 is 1.21 bits per heavy atom. The van der Waals surface area contributed by atoms with Crippen molar-refractivity contribution in [3.63, 3.8) is 0 Å². The van der Waals surface area contributed by atoms with Gasteiger partial charge in [-0.15, -0.1) is 0 Å². The highest BCUT2D eigenvalue weighted by molar-refractivity contribution is 6.30. The second-order valence-corrected chi connectivity index (χ2v) is 6.00. The molecule has 6 heteroatoms. The molecule has 0 saturated heterocycles. The maximum absolute atomic E-state index is 14.3. The van der Waals surface area contributed by atoms with E-state index in [1.807, 2.05) is 0 Å². The third-order valence-corrected chi connectivity index (χ3v) is 3.72. The standard InChI is InChI=1S/C18H18ClFO4/c1-12(21)23-10-9-18(2,22)16-8-7-15(11-17(16)20)24-14-5-3-13(19)4-6-14/h3-8,11,22H,9-10H2,1-2H3. The Morgan fingerprint density at radius 3 is 2.42 bits per heavy atom. The van der Waals surface area contributed by atoms with Crippen LogP contribution in [0.1, 0.15) is 25.8 Å². The fraction of sp³-hybridized carbons (Fsp3) is 0.278. The predicted octanol–water partition coefficient (Wildman–Crippen LogP) is 4.43. The van der Waals surface area contributed by atoms with Crippen LogP contribution in [0.2, 0.25) is 5.02 Å². The molecule has 2 rings (SSSR count). The molecule has 0 bridgehead atoms. The van der Waals surface area contributed by atoms with Crippen LogP contribution in [0.5, 0.6) is 11.5 Å². The summed E-state index contributed by atoms with van der Waals surface area (Å²) in [5, 5.41) is 11.0. The van der Waals surface area contributed by atoms with Gasteiger partial charge in [0, 0.05) is 30.0 Å². The Bertz CT molecular complexity index is 713. The van der Waals surface area contributed by atoms with Gasteiger partial charge < -0.3 is 14.6 Å². The second kappa shape index (κ2) is 7.64. The van der Waals surface area contributed by atoms with E-state index in [9.17, 15) is 14.3 Å². The summed E-state index contributed by atoms with van der Waals surface area (Å²) in [5.74, 6) is -0.227. The van der Waals surface area contributed by atoms with Crippen molar-refractivity contribution in [2.75, 3.05) is 6.61 Å². The van der Waals surface area contributed by atoms with Gasteiger partial charge in [0.25, 0.3) is 0 Å². The van der Waals surface area contributed by atoms with Gasteiger partial charge in [-0.3, -0.25) is 4.79 Å². The van der Waals surface area contributed by atoms with Crippen molar-refractivity contribution < 1.29 is 23.8 Å². The average Bonchev–Trinajstić information content (AvgIpc) is 2.49. The molecule has 128 valence electrons. The monoisotopic (exact) mass is 352 g/mol. The van der Waals surface area contributed by atoms with Gasteiger partial charge in [0.05, 0.1) is 12.2 Å². The summed E-state index contributed by atoms with van der Waals surface area (Å²) in [6.45, 7) is 2.75. The van der Waals surface area contributed by atoms with E-state index in [1.54, 1.807) is 30.3 Å². The smallest absolute Gasteiger partial charge is 0.302 e. The molecule has 2 aromatic carbocycles. The van der Waals surface area contributed by atoms with Crippen molar-refractivity contribution in [2.24, 2.45) is 0 Å². The number of aliphatic hydroxyl groups is 1. The molecule has 4 nitrogen and oxygen atoms in total. The molecule has 24 heavy (non-hydrogen) atoms. The predicted molar refractivity (Wildman–Crippen MR) is 88.7 cm³/mol. The third kappa shape index (κ3) is 4.94. The molecular weight excluding hydrogens is 335 g/mol. The highest BCUT2D eigenvalue weighted by Gasteiger charge is 2.27. The zero-order valence-corrected chi connectivity index (χ0v) is 14.1. The number of carbonyl (C=O) groups is 1. The summed E-state index contributed by atoms with van der Waals surface area (Å²) in [5.41, 5.74) is -1.35. The minimum absolute atomic E-state index is 0.00476. The molecule has 1 unspecified atom stereocenters. The van der Waals surface area contributed by atoms with Crippen molar-refractivity contribution in [3.8, 4) is 11.5 Å². The van der Waals surface area contributed by atoms with Gasteiger partial charge in [0.2, 0.25) is 0 Å². The number of hydrogen-bond donors (Lipinski definition) is 1. The van der Waals surface area contributed by atoms with Gasteiger partial charge >= 0.3 is 5.97 Å². The Hall–Kier alpha value is -2.11. The normalized spacial score (nSPS) is 13.2. The van der Waals surface area contributed by atoms with Crippen LogP contribution in [0.4, 0.5) is 4.39 Å². The van der Waals surface area contributed by atoms with Gasteiger partial charge in [-0.05, 0) is 43.3 Å². The topological polar surface area (TPSA) is 55.8 Å². The van der Waals surface area contributed by atoms with Crippen LogP contribution in [0, 0.1) is 5.82 Å². The van der Waals surface area contributed by atoms with Crippen molar-refractivity contribution in [1.29, 1.82) is 0 Å². The molecule has 2 aromatic rings. The quantitative estimate of drug-likeness (QED) is 0.781. The lowest BCUT2D eigenvalue weighted by Gasteiger charge is -2.24. The lowest BCUT2D eigenvalue weighted by molar-refractivity contribution is -0.142. The van der Waals surface area contributed by atoms with Gasteiger partial charge in [-0.25, -0.2) is 4.39 Å². The van der Waals surface area contributed by atoms with Gasteiger partial charge in [-0.1, -0.05) is 11.6 Å². The number of halogens is 2. The van der Waals surface area contributed by atoms with E-state index in [1.165, 1.54) is 26.0 Å². The molecular formula is C18H18ClFO4. The first-order chi connectivity index (χ1) is 11.3. The van der Waals surface area contributed by atoms with Crippen molar-refractivity contribution in [3.05, 3.63) is 58.9 Å². The lowest BCUT2D eigenvalue weighted by atomic mass is 9.92. The number of esters is 1. The van der Waals surface area contributed by atoms with Crippen molar-refractivity contribution in [1.82, 2.24) is 0 Å². The second-order valence-electron chi connectivity index (χ2n) is 5.56. The Balaban J connectivity index is 2.10. The molecule has 0 radical (unpaired) electrons. The Labute approximate surface area is 144 Å². The molecule has 0 spiro atoms. The van der Waals surface area contributed by atoms with E-state index in [0.717, 1.165) is 0 Å². The van der Waals surface area contributed by atoms with E-state index in [4.69, 9.17) is 21.1 Å². The summed E-state index contributed by atoms with van der Waals surface area (Å²) in [4.78, 5) is 10.8. The van der Waals surface area contributed by atoms with E-state index in [2.05, 4.69) is 0 Å². The summed E-state index contributed by atoms with van der Waals surface area (Å²) in [7, 11) is 0. The van der Waals surface area contributed by atoms with E-state index in [-0.39, 0.29) is 18.6 Å². The van der Waals surface area contributed by atoms with Gasteiger partial charge in [-0.2, -0.15) is 0 Å². The molecule has 0 aliphatic heterocycles. The molecule has 0 aliphatic rings. The third-order valence-electron chi connectivity index (χ3n) is 3.46. The highest BCUT2D eigenvalue weighted by atomic mass is 35.5. The van der Waals surface area contributed by atoms with Crippen LogP contribution >= 0.6 is 11.6 Å². The van der Waals surface area contributed by atoms with E-state index >= 15 is 0 Å². The summed E-state index contributed by atoms with van der Waals surface area (Å²) >= 11 is 5.80. The molecule has 0 heterocycles. The number of rotatable bonds is 6. The average molecular weight is 353 g/mol. The number of carbonyl (C=O) groups excluding carboxylic acids is 1. The SMILES string of the molecule is CC(=O)OCCC(C)(O)c1ccc(Oc2ccc(Cl)cc2)cc1F. The van der Waals surface area contributed by atoms with Crippen LogP contribution < -0.4 is 4.74 Å². The molecule has 1 N–H and O–H groups in total. The fourth-order valence-electron chi connectivity index (χ4n) is 2.16. The minimum Gasteiger partial charge on any atom is -0.466 e. The lowest BCUT2D eigenvalue weighted by Crippen LogP contribution is -2.25. The molecule has 0 saturated carbocycles. The summed E-state index contributed by atoms with van der Waals surface area (Å²) < 4.78 is 24.7. The van der Waals surface area contributed by atoms with E-state index in [0.29, 0.717) is 16.5 Å².